The molecule has 1 heterocycles. The fraction of sp³-hybridized carbons (Fsp3) is 0.647. The summed E-state index contributed by atoms with van der Waals surface area (Å²) in [5, 5.41) is 3.78. The SMILES string of the molecule is CN1CCC[C@H]1CCN[C@@H]1CCc2ccccc2C1. The van der Waals surface area contributed by atoms with Crippen molar-refractivity contribution in [1.82, 2.24) is 10.2 Å². The van der Waals surface area contributed by atoms with Crippen LogP contribution in [0, 0.1) is 0 Å². The molecule has 0 radical (unpaired) electrons. The second-order valence-corrected chi connectivity index (χ2v) is 6.23. The van der Waals surface area contributed by atoms with E-state index in [-0.39, 0.29) is 0 Å². The molecular formula is C17H26N2. The smallest absolute Gasteiger partial charge is 0.0111 e. The maximum atomic E-state index is 3.78. The van der Waals surface area contributed by atoms with Gasteiger partial charge < -0.3 is 10.2 Å². The van der Waals surface area contributed by atoms with Crippen molar-refractivity contribution in [3.63, 3.8) is 0 Å². The van der Waals surface area contributed by atoms with Crippen molar-refractivity contribution in [1.29, 1.82) is 0 Å². The first-order chi connectivity index (χ1) is 9.33. The lowest BCUT2D eigenvalue weighted by molar-refractivity contribution is 0.288. The normalized spacial score (nSPS) is 27.4. The molecule has 0 saturated carbocycles. The van der Waals surface area contributed by atoms with Crippen LogP contribution in [0.4, 0.5) is 0 Å². The Balaban J connectivity index is 1.45. The van der Waals surface area contributed by atoms with Gasteiger partial charge in [0.15, 0.2) is 0 Å². The lowest BCUT2D eigenvalue weighted by Gasteiger charge is -2.27. The van der Waals surface area contributed by atoms with Crippen LogP contribution in [0.2, 0.25) is 0 Å². The van der Waals surface area contributed by atoms with Crippen LogP contribution in [0.25, 0.3) is 0 Å². The Morgan fingerprint density at radius 2 is 2.05 bits per heavy atom. The predicted octanol–water partition coefficient (Wildman–Crippen LogP) is 2.62. The molecule has 1 aromatic carbocycles. The summed E-state index contributed by atoms with van der Waals surface area (Å²) in [7, 11) is 2.27. The van der Waals surface area contributed by atoms with Gasteiger partial charge in [-0.25, -0.2) is 0 Å². The van der Waals surface area contributed by atoms with Crippen LogP contribution < -0.4 is 5.32 Å². The molecule has 1 aliphatic carbocycles. The van der Waals surface area contributed by atoms with Crippen molar-refractivity contribution in [3.8, 4) is 0 Å². The van der Waals surface area contributed by atoms with E-state index in [4.69, 9.17) is 0 Å². The van der Waals surface area contributed by atoms with Crippen LogP contribution in [0.3, 0.4) is 0 Å². The molecule has 2 atom stereocenters. The van der Waals surface area contributed by atoms with E-state index in [1.165, 1.54) is 51.6 Å². The van der Waals surface area contributed by atoms with Crippen molar-refractivity contribution in [2.75, 3.05) is 20.1 Å². The molecule has 1 fully saturated rings. The van der Waals surface area contributed by atoms with E-state index in [1.54, 1.807) is 11.1 Å². The lowest BCUT2D eigenvalue weighted by atomic mass is 9.88. The molecule has 2 heteroatoms. The summed E-state index contributed by atoms with van der Waals surface area (Å²) in [5.41, 5.74) is 3.13. The first-order valence-corrected chi connectivity index (χ1v) is 7.83. The van der Waals surface area contributed by atoms with E-state index in [0.717, 1.165) is 6.04 Å². The Morgan fingerprint density at radius 1 is 1.21 bits per heavy atom. The van der Waals surface area contributed by atoms with E-state index in [1.807, 2.05) is 0 Å². The highest BCUT2D eigenvalue weighted by Gasteiger charge is 2.21. The standard InChI is InChI=1S/C17H26N2/c1-19-12-4-7-17(19)10-11-18-16-9-8-14-5-2-3-6-15(14)13-16/h2-3,5-6,16-18H,4,7-13H2,1H3/t16-,17+/m1/s1. The van der Waals surface area contributed by atoms with Gasteiger partial charge in [-0.2, -0.15) is 0 Å². The highest BCUT2D eigenvalue weighted by molar-refractivity contribution is 5.30. The number of likely N-dealkylation sites (tertiary alicyclic amines) is 1. The Labute approximate surface area is 117 Å². The minimum Gasteiger partial charge on any atom is -0.314 e. The Kier molecular flexibility index (Phi) is 4.19. The van der Waals surface area contributed by atoms with E-state index in [2.05, 4.69) is 41.5 Å². The summed E-state index contributed by atoms with van der Waals surface area (Å²) in [6.45, 7) is 2.48. The monoisotopic (exact) mass is 258 g/mol. The van der Waals surface area contributed by atoms with Crippen molar-refractivity contribution >= 4 is 0 Å². The van der Waals surface area contributed by atoms with Gasteiger partial charge in [0.05, 0.1) is 0 Å². The first-order valence-electron chi connectivity index (χ1n) is 7.83. The minimum atomic E-state index is 0.696. The maximum Gasteiger partial charge on any atom is 0.0111 e. The largest absolute Gasteiger partial charge is 0.314 e. The van der Waals surface area contributed by atoms with Crippen molar-refractivity contribution in [3.05, 3.63) is 35.4 Å². The zero-order valence-electron chi connectivity index (χ0n) is 12.1. The van der Waals surface area contributed by atoms with Crippen LogP contribution in [0.15, 0.2) is 24.3 Å². The zero-order valence-corrected chi connectivity index (χ0v) is 12.1. The molecule has 0 unspecified atom stereocenters. The Morgan fingerprint density at radius 3 is 2.84 bits per heavy atom. The first kappa shape index (κ1) is 13.1. The molecule has 1 N–H and O–H groups in total. The molecular weight excluding hydrogens is 232 g/mol. The van der Waals surface area contributed by atoms with E-state index in [9.17, 15) is 0 Å². The summed E-state index contributed by atoms with van der Waals surface area (Å²) in [6, 6.07) is 10.5. The van der Waals surface area contributed by atoms with Crippen LogP contribution >= 0.6 is 0 Å². The van der Waals surface area contributed by atoms with Crippen molar-refractivity contribution in [2.45, 2.75) is 50.6 Å². The third-order valence-electron chi connectivity index (χ3n) is 4.93. The Bertz CT molecular complexity index is 415. The molecule has 1 aromatic rings. The molecule has 1 aliphatic heterocycles. The highest BCUT2D eigenvalue weighted by atomic mass is 15.1. The van der Waals surface area contributed by atoms with E-state index >= 15 is 0 Å². The molecule has 104 valence electrons. The van der Waals surface area contributed by atoms with Gasteiger partial charge in [0, 0.05) is 12.1 Å². The lowest BCUT2D eigenvalue weighted by Crippen LogP contribution is -2.37. The average molecular weight is 258 g/mol. The van der Waals surface area contributed by atoms with Gasteiger partial charge in [-0.1, -0.05) is 24.3 Å². The van der Waals surface area contributed by atoms with Gasteiger partial charge in [-0.3, -0.25) is 0 Å². The second kappa shape index (κ2) is 6.06. The van der Waals surface area contributed by atoms with Gasteiger partial charge in [-0.15, -0.1) is 0 Å². The number of benzene rings is 1. The van der Waals surface area contributed by atoms with Crippen LogP contribution in [-0.2, 0) is 12.8 Å². The van der Waals surface area contributed by atoms with Crippen molar-refractivity contribution in [2.24, 2.45) is 0 Å². The summed E-state index contributed by atoms with van der Waals surface area (Å²) in [6.07, 6.45) is 7.86. The molecule has 2 nitrogen and oxygen atoms in total. The fourth-order valence-electron chi connectivity index (χ4n) is 3.67. The number of fused-ring (bicyclic) bond motifs is 1. The number of nitrogens with one attached hydrogen (secondary N) is 1. The molecule has 1 saturated heterocycles. The number of aryl methyl sites for hydroxylation is 1. The molecule has 0 spiro atoms. The number of hydrogen-bond donors (Lipinski definition) is 1. The fourth-order valence-corrected chi connectivity index (χ4v) is 3.67. The second-order valence-electron chi connectivity index (χ2n) is 6.23. The van der Waals surface area contributed by atoms with Crippen LogP contribution in [0.5, 0.6) is 0 Å². The van der Waals surface area contributed by atoms with Crippen molar-refractivity contribution < 1.29 is 0 Å². The summed E-state index contributed by atoms with van der Waals surface area (Å²) >= 11 is 0. The molecule has 2 aliphatic rings. The maximum absolute atomic E-state index is 3.78. The topological polar surface area (TPSA) is 15.3 Å². The van der Waals surface area contributed by atoms with Gasteiger partial charge in [0.2, 0.25) is 0 Å². The Hall–Kier alpha value is -0.860. The zero-order chi connectivity index (χ0) is 13.1. The third-order valence-corrected chi connectivity index (χ3v) is 4.93. The predicted molar refractivity (Wildman–Crippen MR) is 80.5 cm³/mol. The number of nitrogens with zero attached hydrogens (tertiary/aromatic N) is 1. The summed E-state index contributed by atoms with van der Waals surface area (Å²) < 4.78 is 0. The van der Waals surface area contributed by atoms with Crippen LogP contribution in [-0.4, -0.2) is 37.1 Å². The van der Waals surface area contributed by atoms with Gasteiger partial charge >= 0.3 is 0 Å². The third kappa shape index (κ3) is 3.18. The molecule has 19 heavy (non-hydrogen) atoms. The molecule has 0 amide bonds. The van der Waals surface area contributed by atoms with Gasteiger partial charge in [-0.05, 0) is 69.8 Å². The van der Waals surface area contributed by atoms with E-state index in [0.29, 0.717) is 6.04 Å². The van der Waals surface area contributed by atoms with Gasteiger partial charge in [0.1, 0.15) is 0 Å². The van der Waals surface area contributed by atoms with Gasteiger partial charge in [0.25, 0.3) is 0 Å². The molecule has 3 rings (SSSR count). The average Bonchev–Trinajstić information content (AvgIpc) is 2.84. The number of rotatable bonds is 4. The van der Waals surface area contributed by atoms with Crippen LogP contribution in [0.1, 0.15) is 36.8 Å². The minimum absolute atomic E-state index is 0.696. The highest BCUT2D eigenvalue weighted by Crippen LogP contribution is 2.21. The molecule has 0 aromatic heterocycles. The van der Waals surface area contributed by atoms with E-state index < -0.39 is 0 Å². The number of hydrogen-bond acceptors (Lipinski definition) is 2. The molecule has 0 bridgehead atoms. The summed E-state index contributed by atoms with van der Waals surface area (Å²) in [5.74, 6) is 0. The summed E-state index contributed by atoms with van der Waals surface area (Å²) in [4.78, 5) is 2.53. The quantitative estimate of drug-likeness (QED) is 0.893.